The molecule has 0 spiro atoms. The van der Waals surface area contributed by atoms with Gasteiger partial charge in [-0.25, -0.2) is 13.2 Å². The zero-order chi connectivity index (χ0) is 20.3. The second-order valence-electron chi connectivity index (χ2n) is 6.51. The van der Waals surface area contributed by atoms with E-state index in [1.54, 1.807) is 28.6 Å². The van der Waals surface area contributed by atoms with Crippen molar-refractivity contribution in [3.8, 4) is 17.3 Å². The topological polar surface area (TPSA) is 66.2 Å². The standard InChI is InChI=1S/C20H24ClN3O3S.Na/c1-5-13(2)26-10-11-27-18-8-9-22-19(14(18)3)20-23-16-12-15(21)6-7-17(16)24(20)28(4)25;/h6-9,12-13H,5,10-11H2,1-4H3;. The van der Waals surface area contributed by atoms with E-state index in [4.69, 9.17) is 21.1 Å². The number of benzene rings is 1. The molecule has 3 rings (SSSR count). The van der Waals surface area contributed by atoms with Crippen molar-refractivity contribution in [1.29, 1.82) is 0 Å². The van der Waals surface area contributed by atoms with Gasteiger partial charge in [-0.2, -0.15) is 0 Å². The van der Waals surface area contributed by atoms with Crippen molar-refractivity contribution in [3.05, 3.63) is 41.0 Å². The zero-order valence-corrected chi connectivity index (χ0v) is 21.0. The van der Waals surface area contributed by atoms with Crippen molar-refractivity contribution in [2.45, 2.75) is 33.3 Å². The van der Waals surface area contributed by atoms with Crippen molar-refractivity contribution in [2.24, 2.45) is 0 Å². The molecule has 1 radical (unpaired) electrons. The summed E-state index contributed by atoms with van der Waals surface area (Å²) in [4.78, 5) is 9.12. The van der Waals surface area contributed by atoms with E-state index in [1.165, 1.54) is 0 Å². The Labute approximate surface area is 200 Å². The molecule has 0 saturated carbocycles. The molecule has 2 unspecified atom stereocenters. The summed E-state index contributed by atoms with van der Waals surface area (Å²) in [5.41, 5.74) is 2.88. The third-order valence-corrected chi connectivity index (χ3v) is 5.64. The second kappa shape index (κ2) is 10.9. The molecule has 2 heterocycles. The van der Waals surface area contributed by atoms with Gasteiger partial charge in [-0.15, -0.1) is 0 Å². The van der Waals surface area contributed by atoms with Crippen molar-refractivity contribution in [3.63, 3.8) is 0 Å². The van der Waals surface area contributed by atoms with Crippen LogP contribution >= 0.6 is 11.6 Å². The van der Waals surface area contributed by atoms with Gasteiger partial charge in [0.2, 0.25) is 0 Å². The van der Waals surface area contributed by atoms with Crippen LogP contribution < -0.4 is 4.74 Å². The summed E-state index contributed by atoms with van der Waals surface area (Å²) in [6.07, 6.45) is 4.46. The Morgan fingerprint density at radius 1 is 1.28 bits per heavy atom. The van der Waals surface area contributed by atoms with Gasteiger partial charge in [0.15, 0.2) is 5.82 Å². The van der Waals surface area contributed by atoms with E-state index in [0.29, 0.717) is 41.0 Å². The normalized spacial score (nSPS) is 13.1. The van der Waals surface area contributed by atoms with Gasteiger partial charge in [0.05, 0.1) is 23.7 Å². The maximum Gasteiger partial charge on any atom is 0.172 e. The fourth-order valence-corrected chi connectivity index (χ4v) is 3.83. The average molecular weight is 445 g/mol. The van der Waals surface area contributed by atoms with Crippen LogP contribution in [0.2, 0.25) is 5.02 Å². The molecule has 0 bridgehead atoms. The molecule has 9 heteroatoms. The van der Waals surface area contributed by atoms with Gasteiger partial charge < -0.3 is 9.47 Å². The second-order valence-corrected chi connectivity index (χ2v) is 8.16. The Morgan fingerprint density at radius 2 is 2.03 bits per heavy atom. The van der Waals surface area contributed by atoms with Crippen LogP contribution in [-0.2, 0) is 15.7 Å². The molecule has 0 aliphatic rings. The number of aromatic nitrogens is 3. The van der Waals surface area contributed by atoms with Crippen LogP contribution in [0.15, 0.2) is 30.5 Å². The molecule has 0 saturated heterocycles. The molecule has 2 atom stereocenters. The first-order valence-corrected chi connectivity index (χ1v) is 11.0. The summed E-state index contributed by atoms with van der Waals surface area (Å²) in [6.45, 7) is 7.00. The third-order valence-electron chi connectivity index (χ3n) is 4.52. The molecule has 29 heavy (non-hydrogen) atoms. The smallest absolute Gasteiger partial charge is 0.172 e. The molecule has 151 valence electrons. The molecular formula is C20H24ClN3NaO3S. The van der Waals surface area contributed by atoms with Gasteiger partial charge in [-0.1, -0.05) is 18.5 Å². The minimum Gasteiger partial charge on any atom is -0.491 e. The Kier molecular flexibility index (Phi) is 9.13. The molecule has 0 amide bonds. The molecule has 1 aromatic carbocycles. The minimum absolute atomic E-state index is 0. The van der Waals surface area contributed by atoms with Crippen LogP contribution in [0.1, 0.15) is 25.8 Å². The quantitative estimate of drug-likeness (QED) is 0.388. The Morgan fingerprint density at radius 3 is 2.72 bits per heavy atom. The van der Waals surface area contributed by atoms with Gasteiger partial charge in [0, 0.05) is 52.6 Å². The number of halogens is 1. The number of hydrogen-bond donors (Lipinski definition) is 0. The van der Waals surface area contributed by atoms with Gasteiger partial charge in [0.1, 0.15) is 29.0 Å². The van der Waals surface area contributed by atoms with Crippen molar-refractivity contribution in [1.82, 2.24) is 13.9 Å². The fraction of sp³-hybridized carbons (Fsp3) is 0.400. The SMILES string of the molecule is CCC(C)OCCOc1ccnc(-c2nc3cc(Cl)ccc3n2S(C)=O)c1C.[Na]. The molecule has 0 N–H and O–H groups in total. The number of fused-ring (bicyclic) bond motifs is 1. The Hall–Kier alpha value is -0.960. The predicted octanol–water partition coefficient (Wildman–Crippen LogP) is 4.01. The van der Waals surface area contributed by atoms with E-state index in [-0.39, 0.29) is 35.7 Å². The van der Waals surface area contributed by atoms with E-state index in [0.717, 1.165) is 17.5 Å². The van der Waals surface area contributed by atoms with Gasteiger partial charge >= 0.3 is 0 Å². The van der Waals surface area contributed by atoms with Crippen LogP contribution in [-0.4, -0.2) is 73.3 Å². The Balaban J connectivity index is 0.00000300. The summed E-state index contributed by atoms with van der Waals surface area (Å²) in [6, 6.07) is 7.15. The summed E-state index contributed by atoms with van der Waals surface area (Å²) < 4.78 is 25.6. The molecule has 0 fully saturated rings. The first kappa shape index (κ1) is 24.3. The molecule has 0 aliphatic heterocycles. The van der Waals surface area contributed by atoms with Gasteiger partial charge in [-0.3, -0.25) is 4.98 Å². The van der Waals surface area contributed by atoms with Crippen LogP contribution in [0.4, 0.5) is 0 Å². The van der Waals surface area contributed by atoms with Crippen LogP contribution in [0, 0.1) is 6.92 Å². The molecule has 2 aromatic heterocycles. The van der Waals surface area contributed by atoms with Crippen molar-refractivity contribution in [2.75, 3.05) is 19.5 Å². The van der Waals surface area contributed by atoms with E-state index in [9.17, 15) is 4.21 Å². The summed E-state index contributed by atoms with van der Waals surface area (Å²) in [7, 11) is -1.31. The van der Waals surface area contributed by atoms with Crippen LogP contribution in [0.25, 0.3) is 22.6 Å². The van der Waals surface area contributed by atoms with Crippen LogP contribution in [0.5, 0.6) is 5.75 Å². The third kappa shape index (κ3) is 5.60. The van der Waals surface area contributed by atoms with E-state index in [1.807, 2.05) is 26.0 Å². The van der Waals surface area contributed by atoms with Crippen molar-refractivity contribution < 1.29 is 13.7 Å². The molecule has 3 aromatic rings. The van der Waals surface area contributed by atoms with E-state index >= 15 is 0 Å². The average Bonchev–Trinajstić information content (AvgIpc) is 3.04. The number of pyridine rings is 1. The van der Waals surface area contributed by atoms with E-state index in [2.05, 4.69) is 16.9 Å². The number of hydrogen-bond acceptors (Lipinski definition) is 5. The first-order chi connectivity index (χ1) is 13.4. The fourth-order valence-electron chi connectivity index (χ4n) is 2.86. The predicted molar refractivity (Wildman–Crippen MR) is 119 cm³/mol. The molecular weight excluding hydrogens is 421 g/mol. The minimum atomic E-state index is -1.31. The summed E-state index contributed by atoms with van der Waals surface area (Å²) in [5.74, 6) is 1.23. The largest absolute Gasteiger partial charge is 0.491 e. The number of rotatable bonds is 8. The zero-order valence-electron chi connectivity index (χ0n) is 17.4. The maximum absolute atomic E-state index is 12.4. The van der Waals surface area contributed by atoms with Crippen molar-refractivity contribution >= 4 is 63.2 Å². The summed E-state index contributed by atoms with van der Waals surface area (Å²) in [5, 5.41) is 0.577. The number of nitrogens with zero attached hydrogens (tertiary/aromatic N) is 3. The first-order valence-electron chi connectivity index (χ1n) is 9.14. The monoisotopic (exact) mass is 444 g/mol. The van der Waals surface area contributed by atoms with Gasteiger partial charge in [0.25, 0.3) is 0 Å². The van der Waals surface area contributed by atoms with Crippen LogP contribution in [0.3, 0.4) is 0 Å². The Bertz CT molecular complexity index is 1010. The molecule has 6 nitrogen and oxygen atoms in total. The molecule has 0 aliphatic carbocycles. The van der Waals surface area contributed by atoms with E-state index < -0.39 is 11.0 Å². The number of imidazole rings is 1. The maximum atomic E-state index is 12.4. The number of ether oxygens (including phenoxy) is 2. The summed E-state index contributed by atoms with van der Waals surface area (Å²) >= 11 is 6.09. The van der Waals surface area contributed by atoms with Gasteiger partial charge in [-0.05, 0) is 44.5 Å².